The Morgan fingerprint density at radius 1 is 0.944 bits per heavy atom. The van der Waals surface area contributed by atoms with Crippen LogP contribution in [-0.2, 0) is 0 Å². The molecule has 0 aromatic heterocycles. The standard InChI is InChI=1S/C15H29NO2/c17-11-10-16(14-6-2-1-3-7-14)12-15(13-18)8-4-5-9-15/h14,17-18H,1-13H2. The molecule has 0 radical (unpaired) electrons. The summed E-state index contributed by atoms with van der Waals surface area (Å²) in [6.07, 6.45) is 11.4. The molecule has 3 heteroatoms. The van der Waals surface area contributed by atoms with E-state index < -0.39 is 0 Å². The molecule has 0 atom stereocenters. The highest BCUT2D eigenvalue weighted by atomic mass is 16.3. The maximum atomic E-state index is 9.74. The lowest BCUT2D eigenvalue weighted by atomic mass is 9.85. The van der Waals surface area contributed by atoms with Gasteiger partial charge >= 0.3 is 0 Å². The molecule has 106 valence electrons. The van der Waals surface area contributed by atoms with Crippen LogP contribution in [-0.4, -0.2) is 47.5 Å². The summed E-state index contributed by atoms with van der Waals surface area (Å²) in [5.41, 5.74) is 0.132. The molecule has 0 aromatic rings. The normalized spacial score (nSPS) is 24.8. The number of rotatable bonds is 6. The largest absolute Gasteiger partial charge is 0.396 e. The van der Waals surface area contributed by atoms with Crippen LogP contribution in [0.15, 0.2) is 0 Å². The lowest BCUT2D eigenvalue weighted by Crippen LogP contribution is -2.46. The number of hydrogen-bond acceptors (Lipinski definition) is 3. The molecule has 0 spiro atoms. The molecule has 2 saturated carbocycles. The summed E-state index contributed by atoms with van der Waals surface area (Å²) in [7, 11) is 0. The van der Waals surface area contributed by atoms with Crippen LogP contribution in [0.1, 0.15) is 57.8 Å². The molecule has 0 heterocycles. The van der Waals surface area contributed by atoms with Gasteiger partial charge in [0.05, 0.1) is 6.61 Å². The van der Waals surface area contributed by atoms with Crippen LogP contribution in [0.3, 0.4) is 0 Å². The summed E-state index contributed by atoms with van der Waals surface area (Å²) >= 11 is 0. The topological polar surface area (TPSA) is 43.7 Å². The molecule has 0 bridgehead atoms. The summed E-state index contributed by atoms with van der Waals surface area (Å²) < 4.78 is 0. The van der Waals surface area contributed by atoms with Crippen LogP contribution in [0.25, 0.3) is 0 Å². The van der Waals surface area contributed by atoms with Crippen LogP contribution in [0, 0.1) is 5.41 Å². The van der Waals surface area contributed by atoms with Crippen molar-refractivity contribution >= 4 is 0 Å². The minimum absolute atomic E-state index is 0.132. The van der Waals surface area contributed by atoms with E-state index >= 15 is 0 Å². The lowest BCUT2D eigenvalue weighted by Gasteiger charge is -2.40. The average Bonchev–Trinajstić information content (AvgIpc) is 2.89. The van der Waals surface area contributed by atoms with Gasteiger partial charge in [-0.2, -0.15) is 0 Å². The van der Waals surface area contributed by atoms with Crippen LogP contribution >= 0.6 is 0 Å². The first-order valence-corrected chi connectivity index (χ1v) is 7.75. The average molecular weight is 255 g/mol. The van der Waals surface area contributed by atoms with E-state index in [1.807, 2.05) is 0 Å². The van der Waals surface area contributed by atoms with Crippen molar-refractivity contribution in [1.29, 1.82) is 0 Å². The zero-order valence-electron chi connectivity index (χ0n) is 11.6. The van der Waals surface area contributed by atoms with Crippen molar-refractivity contribution in [3.8, 4) is 0 Å². The first-order chi connectivity index (χ1) is 8.79. The molecule has 2 rings (SSSR count). The molecule has 2 aliphatic rings. The van der Waals surface area contributed by atoms with Crippen molar-refractivity contribution in [3.05, 3.63) is 0 Å². The molecule has 0 aromatic carbocycles. The molecule has 2 N–H and O–H groups in total. The fraction of sp³-hybridized carbons (Fsp3) is 1.00. The zero-order chi connectivity index (χ0) is 12.8. The van der Waals surface area contributed by atoms with Gasteiger partial charge in [0.1, 0.15) is 0 Å². The molecule has 3 nitrogen and oxygen atoms in total. The van der Waals surface area contributed by atoms with Gasteiger partial charge in [-0.1, -0.05) is 32.1 Å². The minimum Gasteiger partial charge on any atom is -0.396 e. The number of aliphatic hydroxyl groups excluding tert-OH is 2. The van der Waals surface area contributed by atoms with Gasteiger partial charge in [-0.15, -0.1) is 0 Å². The maximum Gasteiger partial charge on any atom is 0.0558 e. The van der Waals surface area contributed by atoms with E-state index in [4.69, 9.17) is 0 Å². The summed E-state index contributed by atoms with van der Waals surface area (Å²) in [5.74, 6) is 0. The molecular formula is C15H29NO2. The fourth-order valence-corrected chi connectivity index (χ4v) is 3.89. The highest BCUT2D eigenvalue weighted by Crippen LogP contribution is 2.39. The molecule has 2 aliphatic carbocycles. The maximum absolute atomic E-state index is 9.74. The van der Waals surface area contributed by atoms with Gasteiger partial charge in [0.2, 0.25) is 0 Å². The number of aliphatic hydroxyl groups is 2. The second-order valence-corrected chi connectivity index (χ2v) is 6.35. The van der Waals surface area contributed by atoms with Crippen molar-refractivity contribution in [2.24, 2.45) is 5.41 Å². The van der Waals surface area contributed by atoms with E-state index in [1.54, 1.807) is 0 Å². The Morgan fingerprint density at radius 3 is 2.17 bits per heavy atom. The van der Waals surface area contributed by atoms with E-state index in [-0.39, 0.29) is 12.0 Å². The van der Waals surface area contributed by atoms with Crippen molar-refractivity contribution in [2.75, 3.05) is 26.3 Å². The predicted octanol–water partition coefficient (Wildman–Crippen LogP) is 2.17. The Kier molecular flexibility index (Phi) is 5.46. The first kappa shape index (κ1) is 14.3. The minimum atomic E-state index is 0.132. The van der Waals surface area contributed by atoms with Gasteiger partial charge in [-0.05, 0) is 25.7 Å². The van der Waals surface area contributed by atoms with Crippen LogP contribution in [0.5, 0.6) is 0 Å². The fourth-order valence-electron chi connectivity index (χ4n) is 3.89. The van der Waals surface area contributed by atoms with Crippen molar-refractivity contribution < 1.29 is 10.2 Å². The Morgan fingerprint density at radius 2 is 1.61 bits per heavy atom. The summed E-state index contributed by atoms with van der Waals surface area (Å²) in [6.45, 7) is 2.35. The molecule has 18 heavy (non-hydrogen) atoms. The van der Waals surface area contributed by atoms with Gasteiger partial charge < -0.3 is 10.2 Å². The highest BCUT2D eigenvalue weighted by Gasteiger charge is 2.36. The Hall–Kier alpha value is -0.120. The first-order valence-electron chi connectivity index (χ1n) is 7.75. The zero-order valence-corrected chi connectivity index (χ0v) is 11.6. The summed E-state index contributed by atoms with van der Waals surface area (Å²) in [5, 5.41) is 19.0. The van der Waals surface area contributed by atoms with Gasteiger partial charge in [0.15, 0.2) is 0 Å². The van der Waals surface area contributed by atoms with Gasteiger partial charge in [-0.25, -0.2) is 0 Å². The summed E-state index contributed by atoms with van der Waals surface area (Å²) in [6, 6.07) is 0.648. The van der Waals surface area contributed by atoms with Crippen molar-refractivity contribution in [1.82, 2.24) is 4.90 Å². The third-order valence-electron chi connectivity index (χ3n) is 5.02. The monoisotopic (exact) mass is 255 g/mol. The van der Waals surface area contributed by atoms with Gasteiger partial charge in [0.25, 0.3) is 0 Å². The summed E-state index contributed by atoms with van der Waals surface area (Å²) in [4.78, 5) is 2.47. The Labute approximate surface area is 111 Å². The third-order valence-corrected chi connectivity index (χ3v) is 5.02. The SMILES string of the molecule is OCCN(CC1(CO)CCCC1)C1CCCCC1. The molecule has 0 amide bonds. The van der Waals surface area contributed by atoms with E-state index in [0.717, 1.165) is 25.9 Å². The molecule has 2 fully saturated rings. The number of hydrogen-bond donors (Lipinski definition) is 2. The van der Waals surface area contributed by atoms with Crippen LogP contribution < -0.4 is 0 Å². The van der Waals surface area contributed by atoms with E-state index in [1.165, 1.54) is 44.9 Å². The van der Waals surface area contributed by atoms with Crippen molar-refractivity contribution in [2.45, 2.75) is 63.8 Å². The molecule has 0 unspecified atom stereocenters. The smallest absolute Gasteiger partial charge is 0.0558 e. The molecule has 0 aliphatic heterocycles. The third kappa shape index (κ3) is 3.46. The van der Waals surface area contributed by atoms with Crippen LogP contribution in [0.2, 0.25) is 0 Å². The van der Waals surface area contributed by atoms with Crippen LogP contribution in [0.4, 0.5) is 0 Å². The van der Waals surface area contributed by atoms with Crippen molar-refractivity contribution in [3.63, 3.8) is 0 Å². The van der Waals surface area contributed by atoms with E-state index in [9.17, 15) is 10.2 Å². The van der Waals surface area contributed by atoms with E-state index in [2.05, 4.69) is 4.90 Å². The Bertz CT molecular complexity index is 233. The quantitative estimate of drug-likeness (QED) is 0.764. The second kappa shape index (κ2) is 6.88. The van der Waals surface area contributed by atoms with E-state index in [0.29, 0.717) is 12.6 Å². The Balaban J connectivity index is 1.95. The number of nitrogens with zero attached hydrogens (tertiary/aromatic N) is 1. The predicted molar refractivity (Wildman–Crippen MR) is 73.5 cm³/mol. The second-order valence-electron chi connectivity index (χ2n) is 6.35. The van der Waals surface area contributed by atoms with Gasteiger partial charge in [0, 0.05) is 31.2 Å². The molecule has 0 saturated heterocycles. The highest BCUT2D eigenvalue weighted by molar-refractivity contribution is 4.89. The lowest BCUT2D eigenvalue weighted by molar-refractivity contribution is 0.0376. The van der Waals surface area contributed by atoms with Gasteiger partial charge in [-0.3, -0.25) is 4.90 Å². The molecular weight excluding hydrogens is 226 g/mol.